The number of fused-ring (bicyclic) bond motifs is 2. The van der Waals surface area contributed by atoms with Gasteiger partial charge in [-0.25, -0.2) is 4.98 Å². The van der Waals surface area contributed by atoms with Crippen molar-refractivity contribution >= 4 is 58.1 Å². The van der Waals surface area contributed by atoms with Crippen LogP contribution in [0.1, 0.15) is 69.3 Å². The van der Waals surface area contributed by atoms with Crippen LogP contribution in [-0.4, -0.2) is 95.0 Å². The molecule has 0 saturated carbocycles. The number of hydrogen-bond donors (Lipinski definition) is 4. The molecule has 4 rings (SSSR count). The minimum Gasteiger partial charge on any atom is -0.345 e. The van der Waals surface area contributed by atoms with Crippen molar-refractivity contribution in [2.45, 2.75) is 65.2 Å². The highest BCUT2D eigenvalue weighted by molar-refractivity contribution is 7.14. The Hall–Kier alpha value is -4.63. The van der Waals surface area contributed by atoms with E-state index >= 15 is 0 Å². The van der Waals surface area contributed by atoms with Crippen LogP contribution in [0.15, 0.2) is 47.8 Å². The highest BCUT2D eigenvalue weighted by Gasteiger charge is 2.31. The lowest BCUT2D eigenvalue weighted by molar-refractivity contribution is -0.136. The number of carbonyl (C=O) groups is 6. The van der Waals surface area contributed by atoms with E-state index in [-0.39, 0.29) is 37.2 Å². The van der Waals surface area contributed by atoms with Crippen LogP contribution in [-0.2, 0) is 25.6 Å². The molecule has 15 heteroatoms. The number of benzene rings is 1. The SMILES string of the molecule is Cc1ccc(C(=O)N2CCN(C)C(=O)[C@@H](C)NC(=O)[C@H](C(C)C)NC(=O)[C@H](C)NC(=O)c3csc(n3)[C@H](Cc3ccccc3)NC(=O)C2)s1. The number of nitrogens with zero attached hydrogens (tertiary/aromatic N) is 3. The molecule has 4 atom stereocenters. The van der Waals surface area contributed by atoms with E-state index in [1.807, 2.05) is 43.3 Å². The Morgan fingerprint density at radius 2 is 1.63 bits per heavy atom. The first kappa shape index (κ1) is 37.2. The van der Waals surface area contributed by atoms with Crippen LogP contribution in [0.3, 0.4) is 0 Å². The predicted octanol–water partition coefficient (Wildman–Crippen LogP) is 2.29. The largest absolute Gasteiger partial charge is 0.345 e. The Bertz CT molecular complexity index is 1670. The second kappa shape index (κ2) is 16.7. The van der Waals surface area contributed by atoms with Crippen molar-refractivity contribution in [2.24, 2.45) is 5.92 Å². The molecule has 49 heavy (non-hydrogen) atoms. The smallest absolute Gasteiger partial charge is 0.271 e. The van der Waals surface area contributed by atoms with Gasteiger partial charge in [0.2, 0.25) is 23.6 Å². The molecular formula is C34H43N7O6S2. The van der Waals surface area contributed by atoms with Gasteiger partial charge in [-0.3, -0.25) is 28.8 Å². The first-order valence-electron chi connectivity index (χ1n) is 16.0. The number of nitrogens with one attached hydrogen (secondary N) is 4. The number of amides is 6. The Morgan fingerprint density at radius 1 is 0.918 bits per heavy atom. The van der Waals surface area contributed by atoms with Crippen molar-refractivity contribution in [3.8, 4) is 0 Å². The highest BCUT2D eigenvalue weighted by atomic mass is 32.1. The maximum Gasteiger partial charge on any atom is 0.271 e. The number of aryl methyl sites for hydroxylation is 1. The first-order chi connectivity index (χ1) is 23.2. The molecule has 0 unspecified atom stereocenters. The third-order valence-corrected chi connectivity index (χ3v) is 9.99. The maximum absolute atomic E-state index is 13.7. The molecule has 2 bridgehead atoms. The number of thiophene rings is 1. The molecular weight excluding hydrogens is 667 g/mol. The quantitative estimate of drug-likeness (QED) is 0.322. The molecule has 0 radical (unpaired) electrons. The van der Waals surface area contributed by atoms with Gasteiger partial charge in [-0.05, 0) is 50.8 Å². The van der Waals surface area contributed by atoms with E-state index in [1.54, 1.807) is 32.3 Å². The van der Waals surface area contributed by atoms with Gasteiger partial charge in [-0.2, -0.15) is 0 Å². The summed E-state index contributed by atoms with van der Waals surface area (Å²) in [5.74, 6) is -3.30. The van der Waals surface area contributed by atoms with Crippen LogP contribution < -0.4 is 21.3 Å². The van der Waals surface area contributed by atoms with Crippen molar-refractivity contribution < 1.29 is 28.8 Å². The Labute approximate surface area is 293 Å². The summed E-state index contributed by atoms with van der Waals surface area (Å²) in [7, 11) is 1.56. The second-order valence-corrected chi connectivity index (χ2v) is 14.6. The van der Waals surface area contributed by atoms with Crippen molar-refractivity contribution in [2.75, 3.05) is 26.7 Å². The van der Waals surface area contributed by atoms with Crippen molar-refractivity contribution in [3.05, 3.63) is 73.9 Å². The van der Waals surface area contributed by atoms with Gasteiger partial charge >= 0.3 is 0 Å². The van der Waals surface area contributed by atoms with Gasteiger partial charge in [0.1, 0.15) is 28.8 Å². The monoisotopic (exact) mass is 709 g/mol. The van der Waals surface area contributed by atoms with Crippen LogP contribution in [0.25, 0.3) is 0 Å². The van der Waals surface area contributed by atoms with E-state index in [2.05, 4.69) is 26.3 Å². The molecule has 4 N–H and O–H groups in total. The summed E-state index contributed by atoms with van der Waals surface area (Å²) < 4.78 is 0. The molecule has 3 heterocycles. The number of likely N-dealkylation sites (N-methyl/N-ethyl adjacent to an activating group) is 1. The summed E-state index contributed by atoms with van der Waals surface area (Å²) in [6, 6.07) is 9.44. The van der Waals surface area contributed by atoms with E-state index in [1.165, 1.54) is 46.3 Å². The summed E-state index contributed by atoms with van der Waals surface area (Å²) in [6.45, 7) is 8.26. The average molecular weight is 710 g/mol. The van der Waals surface area contributed by atoms with E-state index in [4.69, 9.17) is 0 Å². The van der Waals surface area contributed by atoms with Crippen molar-refractivity contribution in [1.82, 2.24) is 36.1 Å². The summed E-state index contributed by atoms with van der Waals surface area (Å²) >= 11 is 2.50. The standard InChI is InChI=1S/C34H43N7O6S2/c1-19(2)28-31(45)36-22(5)33(46)40(6)14-15-41(34(47)26-13-12-20(3)49-26)17-27(42)37-24(16-23-10-8-7-9-11-23)32-38-25(18-48-32)30(44)35-21(4)29(43)39-28/h7-13,18-19,21-22,24,28H,14-17H2,1-6H3,(H,35,44)(H,36,45)(H,37,42)(H,39,43)/t21-,22+,24-,28-/m0/s1. The lowest BCUT2D eigenvalue weighted by Gasteiger charge is -2.29. The van der Waals surface area contributed by atoms with Crippen LogP contribution in [0.5, 0.6) is 0 Å². The first-order valence-corrected chi connectivity index (χ1v) is 17.7. The van der Waals surface area contributed by atoms with Gasteiger partial charge in [-0.15, -0.1) is 22.7 Å². The Kier molecular flexibility index (Phi) is 12.6. The van der Waals surface area contributed by atoms with Crippen molar-refractivity contribution in [1.29, 1.82) is 0 Å². The predicted molar refractivity (Wildman–Crippen MR) is 187 cm³/mol. The molecule has 1 aliphatic heterocycles. The molecule has 1 aliphatic rings. The molecule has 6 amide bonds. The number of hydrogen-bond acceptors (Lipinski definition) is 9. The van der Waals surface area contributed by atoms with Crippen LogP contribution in [0.4, 0.5) is 0 Å². The topological polar surface area (TPSA) is 170 Å². The maximum atomic E-state index is 13.7. The van der Waals surface area contributed by atoms with Gasteiger partial charge in [0.25, 0.3) is 11.8 Å². The zero-order valence-electron chi connectivity index (χ0n) is 28.4. The lowest BCUT2D eigenvalue weighted by Crippen LogP contribution is -2.57. The summed E-state index contributed by atoms with van der Waals surface area (Å²) in [6.07, 6.45) is 0.366. The van der Waals surface area contributed by atoms with Gasteiger partial charge in [0.15, 0.2) is 0 Å². The van der Waals surface area contributed by atoms with Gasteiger partial charge in [0, 0.05) is 30.4 Å². The van der Waals surface area contributed by atoms with E-state index in [9.17, 15) is 28.8 Å². The number of rotatable bonds is 4. The molecule has 2 aromatic heterocycles. The van der Waals surface area contributed by atoms with Gasteiger partial charge in [0.05, 0.1) is 17.5 Å². The molecule has 0 saturated heterocycles. The average Bonchev–Trinajstić information content (AvgIpc) is 3.74. The number of aromatic nitrogens is 1. The highest BCUT2D eigenvalue weighted by Crippen LogP contribution is 2.23. The lowest BCUT2D eigenvalue weighted by atomic mass is 10.0. The molecule has 13 nitrogen and oxygen atoms in total. The third kappa shape index (κ3) is 9.95. The Balaban J connectivity index is 1.68. The van der Waals surface area contributed by atoms with E-state index in [0.29, 0.717) is 16.3 Å². The van der Waals surface area contributed by atoms with Crippen LogP contribution >= 0.6 is 22.7 Å². The zero-order valence-corrected chi connectivity index (χ0v) is 30.1. The molecule has 1 aromatic carbocycles. The second-order valence-electron chi connectivity index (χ2n) is 12.4. The zero-order chi connectivity index (χ0) is 35.8. The van der Waals surface area contributed by atoms with Gasteiger partial charge < -0.3 is 31.1 Å². The summed E-state index contributed by atoms with van der Waals surface area (Å²) in [5.41, 5.74) is 0.986. The summed E-state index contributed by atoms with van der Waals surface area (Å²) in [4.78, 5) is 88.8. The fraction of sp³-hybridized carbons (Fsp3) is 0.441. The van der Waals surface area contributed by atoms with Crippen molar-refractivity contribution in [3.63, 3.8) is 0 Å². The number of carbonyl (C=O) groups excluding carboxylic acids is 6. The Morgan fingerprint density at radius 3 is 2.29 bits per heavy atom. The van der Waals surface area contributed by atoms with Crippen LogP contribution in [0.2, 0.25) is 0 Å². The fourth-order valence-corrected chi connectivity index (χ4v) is 6.88. The minimum atomic E-state index is -1.01. The minimum absolute atomic E-state index is 0.0413. The third-order valence-electron chi connectivity index (χ3n) is 8.04. The van der Waals surface area contributed by atoms with E-state index in [0.717, 1.165) is 10.4 Å². The van der Waals surface area contributed by atoms with Crippen LogP contribution in [0, 0.1) is 12.8 Å². The normalized spacial score (nSPS) is 22.1. The van der Waals surface area contributed by atoms with Gasteiger partial charge in [-0.1, -0.05) is 44.2 Å². The molecule has 0 aliphatic carbocycles. The molecule has 3 aromatic rings. The number of thiazole rings is 1. The van der Waals surface area contributed by atoms with E-state index < -0.39 is 53.7 Å². The molecule has 0 spiro atoms. The summed E-state index contributed by atoms with van der Waals surface area (Å²) in [5, 5.41) is 13.0. The molecule has 262 valence electrons. The molecule has 0 fully saturated rings. The fourth-order valence-electron chi connectivity index (χ4n) is 5.20.